The van der Waals surface area contributed by atoms with E-state index in [9.17, 15) is 19.1 Å². The van der Waals surface area contributed by atoms with Crippen LogP contribution in [0.3, 0.4) is 0 Å². The Hall–Kier alpha value is -2.16. The van der Waals surface area contributed by atoms with Gasteiger partial charge in [-0.25, -0.2) is 4.79 Å². The summed E-state index contributed by atoms with van der Waals surface area (Å²) < 4.78 is 32.0. The molecule has 20 heteroatoms. The number of nitrogens with zero attached hydrogens (tertiary/aromatic N) is 1. The van der Waals surface area contributed by atoms with Crippen molar-refractivity contribution in [2.45, 2.75) is 66.7 Å². The van der Waals surface area contributed by atoms with Crippen molar-refractivity contribution < 1.29 is 81.7 Å². The Kier molecular flexibility index (Phi) is 36.4. The number of aliphatic hydroxyl groups excluding tert-OH is 1. The Balaban J connectivity index is 0.000000305. The molecule has 0 radical (unpaired) electrons. The van der Waals surface area contributed by atoms with E-state index in [0.717, 1.165) is 44.2 Å². The van der Waals surface area contributed by atoms with Gasteiger partial charge >= 0.3 is 57.4 Å². The van der Waals surface area contributed by atoms with Crippen LogP contribution in [0.5, 0.6) is 0 Å². The maximum Gasteiger partial charge on any atom is 1.00 e. The number of ether oxygens (including phenoxy) is 1. The Morgan fingerprint density at radius 2 is 0.853 bits per heavy atom. The second kappa shape index (κ2) is 42.3. The van der Waals surface area contributed by atoms with Crippen molar-refractivity contribution >= 4 is 245 Å². The van der Waals surface area contributed by atoms with Gasteiger partial charge in [0, 0.05) is 150 Å². The number of carbonyl (C=O) groups is 2. The van der Waals surface area contributed by atoms with Crippen LogP contribution in [0.15, 0.2) is 215 Å². The molecule has 6 nitrogen and oxygen atoms in total. The number of esters is 1. The Bertz CT molecular complexity index is 4110. The van der Waals surface area contributed by atoms with Gasteiger partial charge in [-0.1, -0.05) is 224 Å². The molecule has 1 N–H and O–H groups in total. The van der Waals surface area contributed by atoms with Crippen LogP contribution in [0.1, 0.15) is 42.9 Å². The van der Waals surface area contributed by atoms with Crippen LogP contribution in [0, 0.1) is 10.8 Å². The molecule has 0 aliphatic rings. The van der Waals surface area contributed by atoms with Crippen LogP contribution >= 0.6 is 153 Å². The molecule has 0 aliphatic heterocycles. The molecule has 0 amide bonds. The summed E-state index contributed by atoms with van der Waals surface area (Å²) in [7, 11) is -1.00. The number of hydrogen-bond acceptors (Lipinski definition) is 14. The fourth-order valence-corrected chi connectivity index (χ4v) is 22.3. The minimum Gasteiger partial charge on any atom is -0.850 e. The van der Waals surface area contributed by atoms with E-state index in [-0.39, 0.29) is 74.8 Å². The number of thiol groups is 1. The molecule has 12 aromatic rings. The summed E-state index contributed by atoms with van der Waals surface area (Å²) in [6, 6.07) is 60.8. The summed E-state index contributed by atoms with van der Waals surface area (Å²) in [4.78, 5) is 29.5. The number of thiophene rings is 4. The van der Waals surface area contributed by atoms with Gasteiger partial charge in [-0.3, -0.25) is 9.18 Å². The number of halogens is 5. The van der Waals surface area contributed by atoms with E-state index in [2.05, 4.69) is 263 Å². The number of hydrogen-bond donors (Lipinski definition) is 2. The molecule has 0 saturated heterocycles. The summed E-state index contributed by atoms with van der Waals surface area (Å²) in [5.41, 5.74) is -1.14. The van der Waals surface area contributed by atoms with Gasteiger partial charge in [0.1, 0.15) is 0 Å². The molecule has 4 aromatic heterocycles. The third-order valence-electron chi connectivity index (χ3n) is 14.5. The smallest absolute Gasteiger partial charge is 0.850 e. The molecular formula is C75H79Br3ClFKNO5S8. The van der Waals surface area contributed by atoms with Crippen molar-refractivity contribution in [3.05, 3.63) is 195 Å². The van der Waals surface area contributed by atoms with Gasteiger partial charge in [0.15, 0.2) is 0 Å². The first-order valence-electron chi connectivity index (χ1n) is 30.8. The first-order chi connectivity index (χ1) is 45.7. The molecule has 0 atom stereocenters. The average molecular weight is 1670 g/mol. The molecule has 4 heterocycles. The number of aliphatic hydroxyl groups is 1. The Labute approximate surface area is 668 Å². The van der Waals surface area contributed by atoms with Crippen LogP contribution in [0.25, 0.3) is 80.7 Å². The zero-order chi connectivity index (χ0) is 69.1. The quantitative estimate of drug-likeness (QED) is 0.0147. The normalized spacial score (nSPS) is 11.4. The first kappa shape index (κ1) is 81.8. The number of benzene rings is 8. The fourth-order valence-electron chi connectivity index (χ4n) is 9.37. The summed E-state index contributed by atoms with van der Waals surface area (Å²) >= 11 is 32.2. The molecule has 0 bridgehead atoms. The maximum absolute atomic E-state index is 12.7. The van der Waals surface area contributed by atoms with E-state index in [4.69, 9.17) is 22.8 Å². The number of allylic oxidation sites excluding steroid dienone is 1. The predicted molar refractivity (Wildman–Crippen MR) is 433 cm³/mol. The Morgan fingerprint density at radius 1 is 0.568 bits per heavy atom. The molecule has 12 rings (SSSR count). The molecule has 498 valence electrons. The molecule has 0 saturated carbocycles. The SMILES string of the molecule is C=CC(=O)Cl.C=CC(=O)OCC(CSc1cccc2c1sc1ccccc12)(CSc1cccc2c1sc1ccccc12)CSc1cccc2c1sc1ccccc12.CC(C)(C)[O-].CCN(CC)CC.OCC(CBr)(CBr)CBr.Sc1cccc2c1sc1ccccc12.[2H]CF.[K+]. The van der Waals surface area contributed by atoms with Crippen molar-refractivity contribution in [1.82, 2.24) is 4.90 Å². The van der Waals surface area contributed by atoms with Crippen molar-refractivity contribution in [2.24, 2.45) is 10.8 Å². The second-order valence-corrected chi connectivity index (χ2v) is 32.2. The van der Waals surface area contributed by atoms with Crippen LogP contribution in [-0.4, -0.2) is 100 Å². The molecule has 0 aliphatic carbocycles. The van der Waals surface area contributed by atoms with Gasteiger partial charge in [0.2, 0.25) is 5.24 Å². The topological polar surface area (TPSA) is 89.9 Å². The van der Waals surface area contributed by atoms with E-state index < -0.39 is 18.0 Å². The average Bonchev–Trinajstić information content (AvgIpc) is 1.62. The standard InChI is InChI=1S/C44H32O2S6.C12H8S2.C6H15N.C5H9Br3O.C4H9O.C3H3ClO.CH3F.K/c1-2-40(45)46-24-44(25-47-37-21-9-15-31-28-12-3-6-18-34(28)50-41(31)37,26-48-38-22-10-16-32-29-13-4-7-19-35(29)51-42(32)38)27-49-39-23-11-17-33-30-14-5-8-20-36(30)52-43(33)39;13-10-6-3-5-9-8-4-1-2-7-11(8)14-12(9)10;1-4-7(5-2)6-3;6-1-5(2-7,3-8)4-9;1-4(2,3)5;1-2-3(4)5;1-2;/h2-23H,1,24-27H2;1-7,13H;4-6H2,1-3H3;9H,1-4H2;1-3H3;2H,1H2;1H3;/q;;;;-1;;;+1/i;;;;;;1D;. The van der Waals surface area contributed by atoms with Gasteiger partial charge in [0.05, 0.1) is 21.7 Å². The van der Waals surface area contributed by atoms with Crippen molar-refractivity contribution in [2.75, 3.05) is 73.3 Å². The largest absolute Gasteiger partial charge is 1.00 e. The maximum atomic E-state index is 12.7. The van der Waals surface area contributed by atoms with Gasteiger partial charge in [-0.15, -0.1) is 98.9 Å². The van der Waals surface area contributed by atoms with E-state index in [0.29, 0.717) is 6.61 Å². The van der Waals surface area contributed by atoms with Crippen LogP contribution < -0.4 is 56.5 Å². The van der Waals surface area contributed by atoms with Crippen molar-refractivity contribution in [3.63, 3.8) is 0 Å². The molecule has 0 fully saturated rings. The summed E-state index contributed by atoms with van der Waals surface area (Å²) in [6.07, 6.45) is 2.33. The summed E-state index contributed by atoms with van der Waals surface area (Å²) in [5.74, 6) is 1.98. The minimum atomic E-state index is -1.00. The number of fused-ring (bicyclic) bond motifs is 12. The molecule has 95 heavy (non-hydrogen) atoms. The van der Waals surface area contributed by atoms with Crippen LogP contribution in [0.2, 0.25) is 0 Å². The third kappa shape index (κ3) is 24.0. The first-order valence-corrected chi connectivity index (χ1v) is 40.5. The van der Waals surface area contributed by atoms with Crippen LogP contribution in [0.4, 0.5) is 4.39 Å². The number of thioether (sulfide) groups is 3. The van der Waals surface area contributed by atoms with Gasteiger partial charge < -0.3 is 19.8 Å². The number of alkyl halides is 4. The van der Waals surface area contributed by atoms with Gasteiger partial charge in [-0.2, -0.15) is 0 Å². The van der Waals surface area contributed by atoms with Crippen LogP contribution in [-0.2, 0) is 14.3 Å². The van der Waals surface area contributed by atoms with E-state index in [1.165, 1.54) is 121 Å². The fraction of sp³-hybridized carbons (Fsp3) is 0.280. The van der Waals surface area contributed by atoms with Crippen molar-refractivity contribution in [1.29, 1.82) is 0 Å². The molecule has 0 unspecified atom stereocenters. The number of carbonyl (C=O) groups excluding carboxylic acids is 2. The predicted octanol–water partition coefficient (Wildman–Crippen LogP) is 20.7. The summed E-state index contributed by atoms with van der Waals surface area (Å²) in [6.45, 7) is 22.3. The molecule has 8 aromatic carbocycles. The van der Waals surface area contributed by atoms with E-state index in [1.54, 1.807) is 20.8 Å². The van der Waals surface area contributed by atoms with E-state index in [1.807, 2.05) is 86.7 Å². The van der Waals surface area contributed by atoms with Gasteiger partial charge in [0.25, 0.3) is 0 Å². The summed E-state index contributed by atoms with van der Waals surface area (Å²) in [5, 5.41) is 31.4. The van der Waals surface area contributed by atoms with Gasteiger partial charge in [-0.05, 0) is 85.8 Å². The monoisotopic (exact) mass is 1660 g/mol. The third-order valence-corrected chi connectivity index (χ3v) is 28.2. The zero-order valence-electron chi connectivity index (χ0n) is 55.4. The Morgan fingerprint density at radius 3 is 1.12 bits per heavy atom. The molecular weight excluding hydrogens is 1580 g/mol. The zero-order valence-corrected chi connectivity index (χ0v) is 69.7. The van der Waals surface area contributed by atoms with E-state index >= 15 is 0 Å². The number of rotatable bonds is 20. The molecule has 0 spiro atoms. The minimum absolute atomic E-state index is 0. The van der Waals surface area contributed by atoms with Crippen molar-refractivity contribution in [3.8, 4) is 0 Å². The second-order valence-electron chi connectivity index (χ2n) is 22.4.